The summed E-state index contributed by atoms with van der Waals surface area (Å²) in [6.07, 6.45) is 0.122. The lowest BCUT2D eigenvalue weighted by Crippen LogP contribution is -2.19. The van der Waals surface area contributed by atoms with Gasteiger partial charge < -0.3 is 5.11 Å². The molecule has 1 aromatic heterocycles. The Balaban J connectivity index is 2.32. The number of aromatic nitrogens is 3. The molecule has 0 fully saturated rings. The van der Waals surface area contributed by atoms with Gasteiger partial charge in [-0.15, -0.1) is 5.10 Å². The van der Waals surface area contributed by atoms with Gasteiger partial charge in [0.25, 0.3) is 0 Å². The van der Waals surface area contributed by atoms with Crippen LogP contribution in [0.2, 0.25) is 0 Å². The van der Waals surface area contributed by atoms with Gasteiger partial charge in [-0.25, -0.2) is 9.37 Å². The molecule has 1 atom stereocenters. The molecule has 1 heterocycles. The number of aryl methyl sites for hydroxylation is 2. The van der Waals surface area contributed by atoms with E-state index in [4.69, 9.17) is 0 Å². The fraction of sp³-hybridized carbons (Fsp3) is 0.286. The van der Waals surface area contributed by atoms with Gasteiger partial charge in [-0.05, 0) is 38.0 Å². The molecule has 0 saturated carbocycles. The van der Waals surface area contributed by atoms with E-state index in [9.17, 15) is 14.3 Å². The smallest absolute Gasteiger partial charge is 0.314 e. The molecule has 6 heteroatoms. The maximum absolute atomic E-state index is 13.1. The molecule has 0 aliphatic rings. The number of hydrogen-bond donors (Lipinski definition) is 1. The minimum Gasteiger partial charge on any atom is -0.481 e. The highest BCUT2D eigenvalue weighted by molar-refractivity contribution is 5.75. The standard InChI is InChI=1S/C14H14FN3O2/c1-8-9(2)17-18-13(16-8)12(14(19)20)7-10-4-3-5-11(15)6-10/h3-6,12H,7H2,1-2H3,(H,19,20). The van der Waals surface area contributed by atoms with Crippen molar-refractivity contribution in [3.8, 4) is 0 Å². The normalized spacial score (nSPS) is 12.2. The molecule has 20 heavy (non-hydrogen) atoms. The topological polar surface area (TPSA) is 76.0 Å². The average molecular weight is 275 g/mol. The van der Waals surface area contributed by atoms with E-state index < -0.39 is 17.7 Å². The molecular weight excluding hydrogens is 261 g/mol. The highest BCUT2D eigenvalue weighted by Gasteiger charge is 2.24. The summed E-state index contributed by atoms with van der Waals surface area (Å²) in [5.41, 5.74) is 1.88. The summed E-state index contributed by atoms with van der Waals surface area (Å²) < 4.78 is 13.1. The number of nitrogens with zero attached hydrogens (tertiary/aromatic N) is 3. The summed E-state index contributed by atoms with van der Waals surface area (Å²) in [6, 6.07) is 5.84. The van der Waals surface area contributed by atoms with Crippen LogP contribution in [0.1, 0.15) is 28.7 Å². The Bertz CT molecular complexity index is 646. The molecule has 0 saturated heterocycles. The van der Waals surface area contributed by atoms with E-state index in [0.29, 0.717) is 17.0 Å². The van der Waals surface area contributed by atoms with Crippen molar-refractivity contribution in [2.24, 2.45) is 0 Å². The maximum Gasteiger partial charge on any atom is 0.314 e. The van der Waals surface area contributed by atoms with Crippen LogP contribution in [0.3, 0.4) is 0 Å². The lowest BCUT2D eigenvalue weighted by molar-refractivity contribution is -0.139. The van der Waals surface area contributed by atoms with Crippen molar-refractivity contribution in [2.75, 3.05) is 0 Å². The van der Waals surface area contributed by atoms with E-state index in [1.165, 1.54) is 12.1 Å². The number of halogens is 1. The Morgan fingerprint density at radius 2 is 2.05 bits per heavy atom. The first-order chi connectivity index (χ1) is 9.47. The lowest BCUT2D eigenvalue weighted by Gasteiger charge is -2.11. The van der Waals surface area contributed by atoms with Crippen LogP contribution in [-0.2, 0) is 11.2 Å². The molecule has 0 radical (unpaired) electrons. The summed E-state index contributed by atoms with van der Waals surface area (Å²) in [4.78, 5) is 15.5. The van der Waals surface area contributed by atoms with Gasteiger partial charge in [-0.1, -0.05) is 12.1 Å². The molecule has 0 bridgehead atoms. The second-order valence-electron chi connectivity index (χ2n) is 4.57. The van der Waals surface area contributed by atoms with Gasteiger partial charge in [-0.2, -0.15) is 5.10 Å². The summed E-state index contributed by atoms with van der Waals surface area (Å²) >= 11 is 0. The molecule has 0 aliphatic heterocycles. The lowest BCUT2D eigenvalue weighted by atomic mass is 9.98. The zero-order valence-corrected chi connectivity index (χ0v) is 11.2. The fourth-order valence-corrected chi connectivity index (χ4v) is 1.81. The molecule has 2 rings (SSSR count). The summed E-state index contributed by atoms with van der Waals surface area (Å²) in [7, 11) is 0. The highest BCUT2D eigenvalue weighted by atomic mass is 19.1. The van der Waals surface area contributed by atoms with Crippen LogP contribution >= 0.6 is 0 Å². The van der Waals surface area contributed by atoms with Crippen LogP contribution in [0.5, 0.6) is 0 Å². The zero-order chi connectivity index (χ0) is 14.7. The van der Waals surface area contributed by atoms with E-state index in [2.05, 4.69) is 15.2 Å². The molecule has 0 spiro atoms. The van der Waals surface area contributed by atoms with E-state index in [0.717, 1.165) is 0 Å². The monoisotopic (exact) mass is 275 g/mol. The first-order valence-electron chi connectivity index (χ1n) is 6.12. The second kappa shape index (κ2) is 5.73. The van der Waals surface area contributed by atoms with Crippen LogP contribution in [0, 0.1) is 19.7 Å². The van der Waals surface area contributed by atoms with E-state index >= 15 is 0 Å². The summed E-state index contributed by atoms with van der Waals surface area (Å²) in [6.45, 7) is 3.50. The van der Waals surface area contributed by atoms with Crippen molar-refractivity contribution in [1.29, 1.82) is 0 Å². The predicted octanol–water partition coefficient (Wildman–Crippen LogP) is 2.04. The summed E-state index contributed by atoms with van der Waals surface area (Å²) in [5.74, 6) is -2.25. The number of rotatable bonds is 4. The van der Waals surface area contributed by atoms with Crippen LogP contribution in [0.4, 0.5) is 4.39 Å². The van der Waals surface area contributed by atoms with Crippen molar-refractivity contribution in [1.82, 2.24) is 15.2 Å². The summed E-state index contributed by atoms with van der Waals surface area (Å²) in [5, 5.41) is 17.1. The minimum absolute atomic E-state index is 0.122. The van der Waals surface area contributed by atoms with Gasteiger partial charge in [0.2, 0.25) is 0 Å². The Labute approximate surface area is 115 Å². The van der Waals surface area contributed by atoms with Crippen molar-refractivity contribution >= 4 is 5.97 Å². The minimum atomic E-state index is -1.06. The highest BCUT2D eigenvalue weighted by Crippen LogP contribution is 2.19. The van der Waals surface area contributed by atoms with Crippen molar-refractivity contribution < 1.29 is 14.3 Å². The van der Waals surface area contributed by atoms with Crippen LogP contribution in [0.25, 0.3) is 0 Å². The van der Waals surface area contributed by atoms with Gasteiger partial charge in [0.1, 0.15) is 11.7 Å². The van der Waals surface area contributed by atoms with Crippen LogP contribution < -0.4 is 0 Å². The first-order valence-corrected chi connectivity index (χ1v) is 6.12. The molecule has 5 nitrogen and oxygen atoms in total. The molecular formula is C14H14FN3O2. The van der Waals surface area contributed by atoms with Gasteiger partial charge in [0.05, 0.1) is 11.4 Å². The number of hydrogen-bond acceptors (Lipinski definition) is 4. The molecule has 2 aromatic rings. The first kappa shape index (κ1) is 14.0. The van der Waals surface area contributed by atoms with Gasteiger partial charge in [-0.3, -0.25) is 4.79 Å². The number of carboxylic acids is 1. The average Bonchev–Trinajstić information content (AvgIpc) is 2.39. The number of carbonyl (C=O) groups is 1. The van der Waals surface area contributed by atoms with Crippen LogP contribution in [0.15, 0.2) is 24.3 Å². The Morgan fingerprint density at radius 3 is 2.65 bits per heavy atom. The molecule has 0 aliphatic carbocycles. The van der Waals surface area contributed by atoms with Crippen molar-refractivity contribution in [2.45, 2.75) is 26.2 Å². The molecule has 0 amide bonds. The molecule has 104 valence electrons. The van der Waals surface area contributed by atoms with E-state index in [1.807, 2.05) is 0 Å². The number of carboxylic acid groups (broad SMARTS) is 1. The number of benzene rings is 1. The third kappa shape index (κ3) is 3.14. The Morgan fingerprint density at radius 1 is 1.30 bits per heavy atom. The Hall–Kier alpha value is -2.37. The second-order valence-corrected chi connectivity index (χ2v) is 4.57. The van der Waals surface area contributed by atoms with E-state index in [1.54, 1.807) is 26.0 Å². The van der Waals surface area contributed by atoms with Gasteiger partial charge >= 0.3 is 5.97 Å². The SMILES string of the molecule is Cc1nnc(C(Cc2cccc(F)c2)C(=O)O)nc1C. The number of aliphatic carboxylic acids is 1. The molecule has 1 N–H and O–H groups in total. The maximum atomic E-state index is 13.1. The molecule has 1 unspecified atom stereocenters. The van der Waals surface area contributed by atoms with Crippen molar-refractivity contribution in [3.63, 3.8) is 0 Å². The third-order valence-corrected chi connectivity index (χ3v) is 3.05. The van der Waals surface area contributed by atoms with E-state index in [-0.39, 0.29) is 12.2 Å². The van der Waals surface area contributed by atoms with Crippen molar-refractivity contribution in [3.05, 3.63) is 52.9 Å². The van der Waals surface area contributed by atoms with Crippen LogP contribution in [-0.4, -0.2) is 26.3 Å². The fourth-order valence-electron chi connectivity index (χ4n) is 1.81. The third-order valence-electron chi connectivity index (χ3n) is 3.05. The Kier molecular flexibility index (Phi) is 4.02. The zero-order valence-electron chi connectivity index (χ0n) is 11.2. The predicted molar refractivity (Wildman–Crippen MR) is 69.8 cm³/mol. The van der Waals surface area contributed by atoms with Gasteiger partial charge in [0.15, 0.2) is 5.82 Å². The largest absolute Gasteiger partial charge is 0.481 e. The molecule has 1 aromatic carbocycles. The quantitative estimate of drug-likeness (QED) is 0.924. The van der Waals surface area contributed by atoms with Gasteiger partial charge in [0, 0.05) is 0 Å².